The highest BCUT2D eigenvalue weighted by Crippen LogP contribution is 2.50. The molecule has 0 saturated carbocycles. The van der Waals surface area contributed by atoms with Gasteiger partial charge in [-0.1, -0.05) is 11.8 Å². The molecule has 2 N–H and O–H groups in total. The first-order chi connectivity index (χ1) is 11.1. The zero-order valence-corrected chi connectivity index (χ0v) is 13.9. The van der Waals surface area contributed by atoms with Gasteiger partial charge in [0, 0.05) is 11.5 Å². The molecule has 0 spiro atoms. The molecule has 0 radical (unpaired) electrons. The second-order valence-electron chi connectivity index (χ2n) is 5.05. The predicted molar refractivity (Wildman–Crippen MR) is 86.9 cm³/mol. The second-order valence-corrected chi connectivity index (χ2v) is 7.02. The van der Waals surface area contributed by atoms with Crippen LogP contribution >= 0.6 is 23.5 Å². The molecule has 0 aromatic heterocycles. The number of carboxylic acid groups (broad SMARTS) is 1. The van der Waals surface area contributed by atoms with E-state index in [4.69, 9.17) is 9.84 Å². The van der Waals surface area contributed by atoms with Crippen molar-refractivity contribution < 1.29 is 24.5 Å². The highest BCUT2D eigenvalue weighted by molar-refractivity contribution is 8.03. The molecule has 23 heavy (non-hydrogen) atoms. The summed E-state index contributed by atoms with van der Waals surface area (Å²) in [6.07, 6.45) is 2.29. The van der Waals surface area contributed by atoms with Crippen molar-refractivity contribution in [3.63, 3.8) is 0 Å². The predicted octanol–water partition coefficient (Wildman–Crippen LogP) is 1.95. The standard InChI is InChI=1S/C15H15NO5S2/c1-22-9-4-2-8(3-5-9)21-15-11(14(19)20)16-12(18)10(6-7-17)13(16)23-15/h2-5,10,13,17H,6-7H2,1H3,(H,19,20)/t10-,13+/m0/s1. The van der Waals surface area contributed by atoms with E-state index in [2.05, 4.69) is 0 Å². The van der Waals surface area contributed by atoms with Crippen molar-refractivity contribution in [2.45, 2.75) is 16.7 Å². The van der Waals surface area contributed by atoms with Crippen LogP contribution in [0.25, 0.3) is 0 Å². The molecule has 2 atom stereocenters. The Bertz CT molecular complexity index is 673. The molecule has 6 nitrogen and oxygen atoms in total. The zero-order valence-electron chi connectivity index (χ0n) is 12.3. The summed E-state index contributed by atoms with van der Waals surface area (Å²) in [5, 5.41) is 18.3. The third-order valence-corrected chi connectivity index (χ3v) is 5.74. The summed E-state index contributed by atoms with van der Waals surface area (Å²) in [4.78, 5) is 25.9. The van der Waals surface area contributed by atoms with Crippen molar-refractivity contribution in [3.05, 3.63) is 35.1 Å². The number of thioether (sulfide) groups is 2. The number of benzene rings is 1. The maximum atomic E-state index is 12.1. The van der Waals surface area contributed by atoms with Crippen molar-refractivity contribution in [2.75, 3.05) is 12.9 Å². The summed E-state index contributed by atoms with van der Waals surface area (Å²) in [5.41, 5.74) is -0.117. The summed E-state index contributed by atoms with van der Waals surface area (Å²) >= 11 is 2.82. The molecule has 1 saturated heterocycles. The molecule has 2 aliphatic rings. The largest absolute Gasteiger partial charge is 0.476 e. The maximum Gasteiger partial charge on any atom is 0.357 e. The van der Waals surface area contributed by atoms with Gasteiger partial charge in [0.25, 0.3) is 0 Å². The molecular weight excluding hydrogens is 338 g/mol. The Hall–Kier alpha value is -1.64. The van der Waals surface area contributed by atoms with Crippen LogP contribution in [0, 0.1) is 5.92 Å². The third kappa shape index (κ3) is 2.82. The van der Waals surface area contributed by atoms with Gasteiger partial charge in [0.2, 0.25) is 5.91 Å². The van der Waals surface area contributed by atoms with E-state index in [9.17, 15) is 14.7 Å². The van der Waals surface area contributed by atoms with Gasteiger partial charge in [-0.2, -0.15) is 0 Å². The molecule has 122 valence electrons. The van der Waals surface area contributed by atoms with E-state index in [1.807, 2.05) is 18.4 Å². The number of fused-ring (bicyclic) bond motifs is 1. The maximum absolute atomic E-state index is 12.1. The Balaban J connectivity index is 1.83. The molecule has 8 heteroatoms. The molecule has 1 amide bonds. The van der Waals surface area contributed by atoms with E-state index in [1.165, 1.54) is 16.7 Å². The van der Waals surface area contributed by atoms with E-state index >= 15 is 0 Å². The number of β-lactam (4-membered cyclic amide) rings is 1. The van der Waals surface area contributed by atoms with Gasteiger partial charge in [-0.3, -0.25) is 9.69 Å². The fourth-order valence-corrected chi connectivity index (χ4v) is 4.38. The van der Waals surface area contributed by atoms with Crippen LogP contribution in [0.2, 0.25) is 0 Å². The molecule has 0 bridgehead atoms. The average molecular weight is 353 g/mol. The molecule has 0 aliphatic carbocycles. The van der Waals surface area contributed by atoms with E-state index in [0.717, 1.165) is 4.90 Å². The molecule has 1 aromatic rings. The fraction of sp³-hybridized carbons (Fsp3) is 0.333. The third-order valence-electron chi connectivity index (χ3n) is 3.73. The molecule has 2 aliphatic heterocycles. The number of carbonyl (C=O) groups is 2. The highest BCUT2D eigenvalue weighted by atomic mass is 32.2. The molecule has 0 unspecified atom stereocenters. The zero-order chi connectivity index (χ0) is 16.6. The fourth-order valence-electron chi connectivity index (χ4n) is 2.58. The van der Waals surface area contributed by atoms with Crippen molar-refractivity contribution in [3.8, 4) is 5.75 Å². The Morgan fingerprint density at radius 1 is 1.39 bits per heavy atom. The molecule has 3 rings (SSSR count). The van der Waals surface area contributed by atoms with E-state index in [-0.39, 0.29) is 34.6 Å². The number of ether oxygens (including phenoxy) is 1. The summed E-state index contributed by atoms with van der Waals surface area (Å²) in [7, 11) is 0. The van der Waals surface area contributed by atoms with Gasteiger partial charge in [-0.05, 0) is 36.9 Å². The van der Waals surface area contributed by atoms with Gasteiger partial charge in [-0.15, -0.1) is 11.8 Å². The van der Waals surface area contributed by atoms with Crippen LogP contribution in [0.15, 0.2) is 39.9 Å². The van der Waals surface area contributed by atoms with Gasteiger partial charge >= 0.3 is 5.97 Å². The Labute approximate surface area is 141 Å². The number of hydrogen-bond donors (Lipinski definition) is 2. The Morgan fingerprint density at radius 2 is 2.09 bits per heavy atom. The number of aliphatic hydroxyl groups excluding tert-OH is 1. The number of rotatable bonds is 6. The summed E-state index contributed by atoms with van der Waals surface area (Å²) in [5.74, 6) is -1.30. The van der Waals surface area contributed by atoms with Gasteiger partial charge in [0.1, 0.15) is 11.1 Å². The topological polar surface area (TPSA) is 87.1 Å². The first-order valence-electron chi connectivity index (χ1n) is 6.97. The molecule has 1 aromatic carbocycles. The minimum atomic E-state index is -1.19. The van der Waals surface area contributed by atoms with Gasteiger partial charge in [0.05, 0.1) is 5.92 Å². The first kappa shape index (κ1) is 16.2. The lowest BCUT2D eigenvalue weighted by molar-refractivity contribution is -0.152. The smallest absolute Gasteiger partial charge is 0.357 e. The summed E-state index contributed by atoms with van der Waals surface area (Å²) in [6, 6.07) is 7.30. The van der Waals surface area contributed by atoms with Crippen molar-refractivity contribution in [2.24, 2.45) is 5.92 Å². The second kappa shape index (κ2) is 6.46. The SMILES string of the molecule is CSc1ccc(OC2=C(C(=O)O)N3C(=O)[C@H](CCO)[C@H]3S2)cc1. The lowest BCUT2D eigenvalue weighted by Crippen LogP contribution is -2.57. The van der Waals surface area contributed by atoms with Crippen molar-refractivity contribution >= 4 is 35.4 Å². The minimum absolute atomic E-state index is 0.101. The molecule has 2 heterocycles. The lowest BCUT2D eigenvalue weighted by Gasteiger charge is -2.41. The van der Waals surface area contributed by atoms with Crippen molar-refractivity contribution in [1.82, 2.24) is 4.90 Å². The van der Waals surface area contributed by atoms with Crippen LogP contribution < -0.4 is 4.74 Å². The van der Waals surface area contributed by atoms with Crippen LogP contribution in [0.4, 0.5) is 0 Å². The van der Waals surface area contributed by atoms with Gasteiger partial charge in [0.15, 0.2) is 10.8 Å². The highest BCUT2D eigenvalue weighted by Gasteiger charge is 2.56. The Kier molecular flexibility index (Phi) is 4.56. The summed E-state index contributed by atoms with van der Waals surface area (Å²) < 4.78 is 5.70. The average Bonchev–Trinajstić information content (AvgIpc) is 2.88. The monoisotopic (exact) mass is 353 g/mol. The van der Waals surface area contributed by atoms with Gasteiger partial charge < -0.3 is 14.9 Å². The number of carboxylic acids is 1. The number of aliphatic carboxylic acids is 1. The van der Waals surface area contributed by atoms with Crippen LogP contribution in [-0.4, -0.2) is 45.2 Å². The number of nitrogens with zero attached hydrogens (tertiary/aromatic N) is 1. The minimum Gasteiger partial charge on any atom is -0.476 e. The number of amides is 1. The van der Waals surface area contributed by atoms with Crippen LogP contribution in [0.1, 0.15) is 6.42 Å². The van der Waals surface area contributed by atoms with Gasteiger partial charge in [-0.25, -0.2) is 4.79 Å². The normalized spacial score (nSPS) is 22.9. The molecular formula is C15H15NO5S2. The summed E-state index contributed by atoms with van der Waals surface area (Å²) in [6.45, 7) is -0.101. The molecule has 1 fully saturated rings. The number of aliphatic hydroxyl groups is 1. The van der Waals surface area contributed by atoms with Crippen LogP contribution in [-0.2, 0) is 9.59 Å². The Morgan fingerprint density at radius 3 is 2.65 bits per heavy atom. The first-order valence-corrected chi connectivity index (χ1v) is 9.07. The van der Waals surface area contributed by atoms with E-state index in [0.29, 0.717) is 12.2 Å². The number of carbonyl (C=O) groups excluding carboxylic acids is 1. The quantitative estimate of drug-likeness (QED) is 0.597. The number of hydrogen-bond acceptors (Lipinski definition) is 6. The van der Waals surface area contributed by atoms with Crippen molar-refractivity contribution in [1.29, 1.82) is 0 Å². The van der Waals surface area contributed by atoms with E-state index < -0.39 is 5.97 Å². The van der Waals surface area contributed by atoms with E-state index in [1.54, 1.807) is 23.9 Å². The van der Waals surface area contributed by atoms with Crippen LogP contribution in [0.3, 0.4) is 0 Å². The lowest BCUT2D eigenvalue weighted by atomic mass is 9.94. The van der Waals surface area contributed by atoms with Crippen LogP contribution in [0.5, 0.6) is 5.75 Å².